The number of aliphatic hydroxyl groups excluding tert-OH is 1. The predicted octanol–water partition coefficient (Wildman–Crippen LogP) is 3.09. The van der Waals surface area contributed by atoms with Crippen molar-refractivity contribution in [1.29, 1.82) is 0 Å². The average Bonchev–Trinajstić information content (AvgIpc) is 2.85. The van der Waals surface area contributed by atoms with Gasteiger partial charge >= 0.3 is 0 Å². The molecule has 1 saturated carbocycles. The maximum Gasteiger partial charge on any atom is 0.244 e. The average molecular weight is 545 g/mol. The standard InChI is InChI=1S/C26H33N4O5PS/c1-36(2,32)22-8-10-27-19(12-22)15-28-25-24(11-18-5-3-4-6-23(18)30-25)37(33,34)29-16-21-7-9-26(17-35-21)13-20(31)14-26/h3-6,8,10-12,20-21,29,31H,7,9,13-17H2,1-2H3,(H,28,30). The van der Waals surface area contributed by atoms with E-state index in [2.05, 4.69) is 20.0 Å². The molecule has 3 heterocycles. The number of anilines is 1. The molecule has 0 bridgehead atoms. The molecule has 5 rings (SSSR count). The number of hydrogen-bond donors (Lipinski definition) is 3. The summed E-state index contributed by atoms with van der Waals surface area (Å²) >= 11 is 0. The number of para-hydroxylation sites is 1. The molecule has 1 unspecified atom stereocenters. The number of benzene rings is 1. The van der Waals surface area contributed by atoms with Crippen LogP contribution in [0, 0.1) is 5.41 Å². The number of aromatic nitrogens is 2. The third kappa shape index (κ3) is 5.89. The Balaban J connectivity index is 1.33. The third-order valence-electron chi connectivity index (χ3n) is 7.30. The summed E-state index contributed by atoms with van der Waals surface area (Å²) in [6.45, 7) is 4.34. The highest BCUT2D eigenvalue weighted by atomic mass is 32.2. The minimum atomic E-state index is -3.91. The number of hydrogen-bond acceptors (Lipinski definition) is 8. The number of nitrogens with zero attached hydrogens (tertiary/aromatic N) is 2. The minimum absolute atomic E-state index is 0.0494. The van der Waals surface area contributed by atoms with Crippen LogP contribution in [0.4, 0.5) is 5.82 Å². The van der Waals surface area contributed by atoms with Crippen LogP contribution < -0.4 is 15.3 Å². The molecular weight excluding hydrogens is 511 g/mol. The molecule has 1 spiro atoms. The number of ether oxygens (including phenoxy) is 1. The lowest BCUT2D eigenvalue weighted by Gasteiger charge is -2.49. The molecule has 2 fully saturated rings. The van der Waals surface area contributed by atoms with Crippen LogP contribution >= 0.6 is 7.14 Å². The van der Waals surface area contributed by atoms with Crippen LogP contribution in [0.1, 0.15) is 31.4 Å². The van der Waals surface area contributed by atoms with Gasteiger partial charge in [-0.05, 0) is 68.7 Å². The van der Waals surface area contributed by atoms with E-state index >= 15 is 0 Å². The topological polar surface area (TPSA) is 131 Å². The molecule has 0 amide bonds. The van der Waals surface area contributed by atoms with Gasteiger partial charge in [0.2, 0.25) is 10.0 Å². The van der Waals surface area contributed by atoms with Gasteiger partial charge in [0.05, 0.1) is 36.6 Å². The smallest absolute Gasteiger partial charge is 0.244 e. The maximum atomic E-state index is 13.4. The zero-order chi connectivity index (χ0) is 26.3. The van der Waals surface area contributed by atoms with Crippen LogP contribution in [0.15, 0.2) is 53.6 Å². The molecule has 37 heavy (non-hydrogen) atoms. The number of sulfonamides is 1. The second kappa shape index (κ2) is 10.1. The number of aliphatic hydroxyl groups is 1. The first kappa shape index (κ1) is 26.3. The van der Waals surface area contributed by atoms with Crippen molar-refractivity contribution in [1.82, 2.24) is 14.7 Å². The first-order chi connectivity index (χ1) is 17.5. The Hall–Kier alpha value is -2.36. The van der Waals surface area contributed by atoms with E-state index in [0.29, 0.717) is 28.5 Å². The van der Waals surface area contributed by atoms with Crippen molar-refractivity contribution in [2.75, 3.05) is 31.8 Å². The van der Waals surface area contributed by atoms with E-state index in [9.17, 15) is 18.1 Å². The van der Waals surface area contributed by atoms with Crippen LogP contribution in [0.25, 0.3) is 10.9 Å². The van der Waals surface area contributed by atoms with Crippen molar-refractivity contribution in [2.45, 2.75) is 49.3 Å². The van der Waals surface area contributed by atoms with Crippen LogP contribution in [0.2, 0.25) is 0 Å². The lowest BCUT2D eigenvalue weighted by atomic mass is 9.63. The lowest BCUT2D eigenvalue weighted by molar-refractivity contribution is -0.138. The van der Waals surface area contributed by atoms with Crippen molar-refractivity contribution >= 4 is 39.2 Å². The van der Waals surface area contributed by atoms with Crippen LogP contribution in [0.5, 0.6) is 0 Å². The zero-order valence-electron chi connectivity index (χ0n) is 21.1. The first-order valence-corrected chi connectivity index (χ1v) is 16.6. The molecule has 11 heteroatoms. The monoisotopic (exact) mass is 544 g/mol. The van der Waals surface area contributed by atoms with Crippen LogP contribution in [-0.2, 0) is 25.9 Å². The molecule has 1 aliphatic carbocycles. The highest BCUT2D eigenvalue weighted by Crippen LogP contribution is 2.48. The number of pyridine rings is 2. The van der Waals surface area contributed by atoms with E-state index in [1.54, 1.807) is 37.7 Å². The van der Waals surface area contributed by atoms with Gasteiger partial charge in [-0.1, -0.05) is 18.2 Å². The second-order valence-electron chi connectivity index (χ2n) is 10.6. The van der Waals surface area contributed by atoms with Crippen molar-refractivity contribution in [3.63, 3.8) is 0 Å². The normalized spacial score (nSPS) is 24.2. The fourth-order valence-electron chi connectivity index (χ4n) is 5.12. The lowest BCUT2D eigenvalue weighted by Crippen LogP contribution is -2.49. The fraction of sp³-hybridized carbons (Fsp3) is 0.462. The molecule has 9 nitrogen and oxygen atoms in total. The quantitative estimate of drug-likeness (QED) is 0.369. The summed E-state index contributed by atoms with van der Waals surface area (Å²) in [7, 11) is -6.36. The number of nitrogens with one attached hydrogen (secondary N) is 2. The van der Waals surface area contributed by atoms with E-state index < -0.39 is 17.2 Å². The van der Waals surface area contributed by atoms with Gasteiger partial charge in [0.1, 0.15) is 17.9 Å². The number of rotatable bonds is 8. The third-order valence-corrected chi connectivity index (χ3v) is 10.3. The van der Waals surface area contributed by atoms with Gasteiger partial charge in [0.15, 0.2) is 0 Å². The Bertz CT molecular complexity index is 1440. The second-order valence-corrected chi connectivity index (χ2v) is 15.6. The molecule has 1 saturated heterocycles. The number of fused-ring (bicyclic) bond motifs is 1. The Kier molecular flexibility index (Phi) is 7.15. The molecule has 3 N–H and O–H groups in total. The molecule has 3 aromatic rings. The first-order valence-electron chi connectivity index (χ1n) is 12.5. The van der Waals surface area contributed by atoms with Gasteiger partial charge in [-0.15, -0.1) is 0 Å². The van der Waals surface area contributed by atoms with Crippen LogP contribution in [0.3, 0.4) is 0 Å². The summed E-state index contributed by atoms with van der Waals surface area (Å²) in [5.74, 6) is 0.224. The van der Waals surface area contributed by atoms with E-state index in [0.717, 1.165) is 25.7 Å². The molecule has 198 valence electrons. The summed E-state index contributed by atoms with van der Waals surface area (Å²) in [6.07, 6.45) is 4.35. The van der Waals surface area contributed by atoms with Gasteiger partial charge in [-0.2, -0.15) is 0 Å². The molecular formula is C26H33N4O5PS. The van der Waals surface area contributed by atoms with Gasteiger partial charge in [0.25, 0.3) is 0 Å². The highest BCUT2D eigenvalue weighted by molar-refractivity contribution is 7.89. The Morgan fingerprint density at radius 3 is 2.68 bits per heavy atom. The fourth-order valence-corrected chi connectivity index (χ4v) is 7.22. The molecule has 0 radical (unpaired) electrons. The van der Waals surface area contributed by atoms with Gasteiger partial charge in [0, 0.05) is 23.4 Å². The van der Waals surface area contributed by atoms with E-state index in [4.69, 9.17) is 4.74 Å². The molecule has 2 aromatic heterocycles. The molecule has 1 aliphatic heterocycles. The maximum absolute atomic E-state index is 13.4. The van der Waals surface area contributed by atoms with E-state index in [1.807, 2.05) is 24.3 Å². The van der Waals surface area contributed by atoms with Crippen LogP contribution in [-0.4, -0.2) is 62.2 Å². The van der Waals surface area contributed by atoms with E-state index in [-0.39, 0.29) is 41.4 Å². The molecule has 1 aromatic carbocycles. The molecule has 2 aliphatic rings. The predicted molar refractivity (Wildman–Crippen MR) is 144 cm³/mol. The minimum Gasteiger partial charge on any atom is -0.393 e. The summed E-state index contributed by atoms with van der Waals surface area (Å²) in [5, 5.41) is 14.2. The summed E-state index contributed by atoms with van der Waals surface area (Å²) in [4.78, 5) is 8.99. The Morgan fingerprint density at radius 1 is 1.19 bits per heavy atom. The van der Waals surface area contributed by atoms with Crippen molar-refractivity contribution in [3.05, 3.63) is 54.4 Å². The van der Waals surface area contributed by atoms with Gasteiger partial charge < -0.3 is 19.7 Å². The summed E-state index contributed by atoms with van der Waals surface area (Å²) < 4.78 is 48.0. The largest absolute Gasteiger partial charge is 0.393 e. The van der Waals surface area contributed by atoms with Crippen molar-refractivity contribution < 1.29 is 22.8 Å². The van der Waals surface area contributed by atoms with Gasteiger partial charge in [-0.25, -0.2) is 18.1 Å². The van der Waals surface area contributed by atoms with Crippen molar-refractivity contribution in [2.24, 2.45) is 5.41 Å². The SMILES string of the molecule is CP(C)(=O)c1ccnc(CNc2nc3ccccc3cc2S(=O)(=O)NCC2CCC3(CO2)CC(O)C3)c1. The molecule has 1 atom stereocenters. The zero-order valence-corrected chi connectivity index (χ0v) is 22.8. The van der Waals surface area contributed by atoms with Crippen molar-refractivity contribution in [3.8, 4) is 0 Å². The Labute approximate surface area is 217 Å². The van der Waals surface area contributed by atoms with Gasteiger partial charge in [-0.3, -0.25) is 4.98 Å². The highest BCUT2D eigenvalue weighted by Gasteiger charge is 2.46. The summed E-state index contributed by atoms with van der Waals surface area (Å²) in [6, 6.07) is 12.5. The summed E-state index contributed by atoms with van der Waals surface area (Å²) in [5.41, 5.74) is 1.36. The Morgan fingerprint density at radius 2 is 1.97 bits per heavy atom. The van der Waals surface area contributed by atoms with E-state index in [1.165, 1.54) is 0 Å².